The summed E-state index contributed by atoms with van der Waals surface area (Å²) < 4.78 is 30.2. The van der Waals surface area contributed by atoms with E-state index in [0.29, 0.717) is 0 Å². The molecule has 0 unspecified atom stereocenters. The number of rotatable bonds is 4. The Morgan fingerprint density at radius 2 is 2.29 bits per heavy atom. The number of ether oxygens (including phenoxy) is 1. The van der Waals surface area contributed by atoms with Gasteiger partial charge in [-0.3, -0.25) is 9.78 Å². The molecule has 94 valence electrons. The number of pyridine rings is 1. The SMILES string of the molecule is COC(=O)Cc1ncc(Cl)c(CN)c1C(F)F. The molecule has 2 N–H and O–H groups in total. The van der Waals surface area contributed by atoms with Gasteiger partial charge in [0.05, 0.1) is 24.2 Å². The maximum atomic E-state index is 12.9. The molecule has 0 amide bonds. The minimum atomic E-state index is -2.79. The van der Waals surface area contributed by atoms with E-state index in [1.54, 1.807) is 0 Å². The van der Waals surface area contributed by atoms with Gasteiger partial charge in [-0.25, -0.2) is 8.78 Å². The van der Waals surface area contributed by atoms with Crippen molar-refractivity contribution in [3.8, 4) is 0 Å². The second-order valence-electron chi connectivity index (χ2n) is 3.20. The summed E-state index contributed by atoms with van der Waals surface area (Å²) in [7, 11) is 1.17. The van der Waals surface area contributed by atoms with Gasteiger partial charge in [-0.15, -0.1) is 0 Å². The summed E-state index contributed by atoms with van der Waals surface area (Å²) in [6.45, 7) is -0.144. The zero-order valence-electron chi connectivity index (χ0n) is 9.04. The van der Waals surface area contributed by atoms with E-state index in [9.17, 15) is 13.6 Å². The zero-order valence-corrected chi connectivity index (χ0v) is 9.80. The highest BCUT2D eigenvalue weighted by molar-refractivity contribution is 6.31. The predicted octanol–water partition coefficient (Wildman–Crippen LogP) is 1.85. The van der Waals surface area contributed by atoms with E-state index in [1.165, 1.54) is 13.3 Å². The van der Waals surface area contributed by atoms with Gasteiger partial charge in [0, 0.05) is 18.3 Å². The smallest absolute Gasteiger partial charge is 0.311 e. The Balaban J connectivity index is 3.25. The van der Waals surface area contributed by atoms with Crippen LogP contribution in [-0.4, -0.2) is 18.1 Å². The van der Waals surface area contributed by atoms with Crippen LogP contribution in [0.5, 0.6) is 0 Å². The summed E-state index contributed by atoms with van der Waals surface area (Å²) in [6.07, 6.45) is -1.92. The molecule has 17 heavy (non-hydrogen) atoms. The highest BCUT2D eigenvalue weighted by atomic mass is 35.5. The number of hydrogen-bond donors (Lipinski definition) is 1. The summed E-state index contributed by atoms with van der Waals surface area (Å²) in [5.74, 6) is -0.648. The first-order valence-electron chi connectivity index (χ1n) is 4.72. The first kappa shape index (κ1) is 13.8. The zero-order chi connectivity index (χ0) is 13.0. The lowest BCUT2D eigenvalue weighted by Gasteiger charge is -2.13. The molecule has 0 aliphatic rings. The molecule has 1 rings (SSSR count). The van der Waals surface area contributed by atoms with Gasteiger partial charge in [0.15, 0.2) is 0 Å². The van der Waals surface area contributed by atoms with E-state index < -0.39 is 12.4 Å². The van der Waals surface area contributed by atoms with E-state index in [4.69, 9.17) is 17.3 Å². The van der Waals surface area contributed by atoms with Gasteiger partial charge in [0.1, 0.15) is 0 Å². The lowest BCUT2D eigenvalue weighted by Crippen LogP contribution is -2.13. The number of hydrogen-bond acceptors (Lipinski definition) is 4. The Morgan fingerprint density at radius 3 is 2.76 bits per heavy atom. The van der Waals surface area contributed by atoms with Gasteiger partial charge in [-0.05, 0) is 5.56 Å². The van der Waals surface area contributed by atoms with Gasteiger partial charge in [0.25, 0.3) is 6.43 Å². The fourth-order valence-corrected chi connectivity index (χ4v) is 1.63. The number of esters is 1. The molecule has 1 aromatic rings. The number of carbonyl (C=O) groups excluding carboxylic acids is 1. The van der Waals surface area contributed by atoms with Crippen LogP contribution in [0.1, 0.15) is 23.2 Å². The molecule has 0 aliphatic heterocycles. The van der Waals surface area contributed by atoms with E-state index in [1.807, 2.05) is 0 Å². The first-order valence-corrected chi connectivity index (χ1v) is 5.10. The average molecular weight is 265 g/mol. The van der Waals surface area contributed by atoms with E-state index >= 15 is 0 Å². The third-order valence-electron chi connectivity index (χ3n) is 2.22. The second-order valence-corrected chi connectivity index (χ2v) is 3.61. The molecule has 0 saturated carbocycles. The van der Waals surface area contributed by atoms with Crippen molar-refractivity contribution in [2.45, 2.75) is 19.4 Å². The van der Waals surface area contributed by atoms with Crippen LogP contribution in [-0.2, 0) is 22.5 Å². The van der Waals surface area contributed by atoms with Crippen LogP contribution in [0.3, 0.4) is 0 Å². The Morgan fingerprint density at radius 1 is 1.65 bits per heavy atom. The molecule has 0 bridgehead atoms. The molecule has 0 saturated heterocycles. The molecular formula is C10H11ClF2N2O2. The number of nitrogens with zero attached hydrogens (tertiary/aromatic N) is 1. The standard InChI is InChI=1S/C10H11ClF2N2O2/c1-17-8(16)2-7-9(10(12)13)5(3-14)6(11)4-15-7/h4,10H,2-3,14H2,1H3. The fraction of sp³-hybridized carbons (Fsp3) is 0.400. The number of carbonyl (C=O) groups is 1. The molecule has 0 aromatic carbocycles. The van der Waals surface area contributed by atoms with Crippen molar-refractivity contribution in [1.29, 1.82) is 0 Å². The van der Waals surface area contributed by atoms with Crippen molar-refractivity contribution in [3.63, 3.8) is 0 Å². The van der Waals surface area contributed by atoms with Crippen molar-refractivity contribution in [3.05, 3.63) is 28.0 Å². The summed E-state index contributed by atoms with van der Waals surface area (Å²) in [5.41, 5.74) is 5.02. The Hall–Kier alpha value is -1.27. The third kappa shape index (κ3) is 3.10. The summed E-state index contributed by atoms with van der Waals surface area (Å²) in [5, 5.41) is 0.0661. The number of methoxy groups -OCH3 is 1. The van der Waals surface area contributed by atoms with E-state index in [2.05, 4.69) is 9.72 Å². The summed E-state index contributed by atoms with van der Waals surface area (Å²) in [6, 6.07) is 0. The highest BCUT2D eigenvalue weighted by Gasteiger charge is 2.22. The summed E-state index contributed by atoms with van der Waals surface area (Å²) >= 11 is 5.72. The molecule has 1 aromatic heterocycles. The van der Waals surface area contributed by atoms with Crippen LogP contribution in [0.2, 0.25) is 5.02 Å². The van der Waals surface area contributed by atoms with Crippen LogP contribution in [0, 0.1) is 0 Å². The molecule has 0 radical (unpaired) electrons. The van der Waals surface area contributed by atoms with Crippen LogP contribution in [0.15, 0.2) is 6.20 Å². The summed E-state index contributed by atoms with van der Waals surface area (Å²) in [4.78, 5) is 14.8. The molecule has 7 heteroatoms. The van der Waals surface area contributed by atoms with Crippen molar-refractivity contribution in [2.24, 2.45) is 5.73 Å². The van der Waals surface area contributed by atoms with Gasteiger partial charge in [0.2, 0.25) is 0 Å². The quantitative estimate of drug-likeness (QED) is 0.843. The monoisotopic (exact) mass is 264 g/mol. The lowest BCUT2D eigenvalue weighted by atomic mass is 10.0. The normalized spacial score (nSPS) is 10.7. The number of alkyl halides is 2. The molecule has 0 atom stereocenters. The van der Waals surface area contributed by atoms with Crippen LogP contribution in [0.4, 0.5) is 8.78 Å². The molecule has 1 heterocycles. The molecule has 0 spiro atoms. The minimum absolute atomic E-state index is 0.0586. The number of halogens is 3. The molecule has 0 fully saturated rings. The van der Waals surface area contributed by atoms with Gasteiger partial charge in [-0.2, -0.15) is 0 Å². The van der Waals surface area contributed by atoms with Gasteiger partial charge in [-0.1, -0.05) is 11.6 Å². The highest BCUT2D eigenvalue weighted by Crippen LogP contribution is 2.30. The van der Waals surface area contributed by atoms with Crippen molar-refractivity contribution < 1.29 is 18.3 Å². The Bertz CT molecular complexity index is 427. The number of nitrogens with two attached hydrogens (primary N) is 1. The second kappa shape index (κ2) is 5.88. The van der Waals surface area contributed by atoms with E-state index in [0.717, 1.165) is 0 Å². The van der Waals surface area contributed by atoms with E-state index in [-0.39, 0.29) is 34.8 Å². The first-order chi connectivity index (χ1) is 8.01. The largest absolute Gasteiger partial charge is 0.469 e. The average Bonchev–Trinajstić information content (AvgIpc) is 2.30. The molecular weight excluding hydrogens is 254 g/mol. The van der Waals surface area contributed by atoms with Crippen LogP contribution < -0.4 is 5.73 Å². The maximum absolute atomic E-state index is 12.9. The van der Waals surface area contributed by atoms with Gasteiger partial charge < -0.3 is 10.5 Å². The number of aromatic nitrogens is 1. The van der Waals surface area contributed by atoms with Crippen molar-refractivity contribution in [1.82, 2.24) is 4.98 Å². The lowest BCUT2D eigenvalue weighted by molar-refractivity contribution is -0.139. The Labute approximate surface area is 102 Å². The van der Waals surface area contributed by atoms with Crippen molar-refractivity contribution >= 4 is 17.6 Å². The molecule has 4 nitrogen and oxygen atoms in total. The minimum Gasteiger partial charge on any atom is -0.469 e. The van der Waals surface area contributed by atoms with Crippen molar-refractivity contribution in [2.75, 3.05) is 7.11 Å². The molecule has 0 aliphatic carbocycles. The van der Waals surface area contributed by atoms with Crippen LogP contribution >= 0.6 is 11.6 Å². The maximum Gasteiger partial charge on any atom is 0.311 e. The van der Waals surface area contributed by atoms with Gasteiger partial charge >= 0.3 is 5.97 Å². The topological polar surface area (TPSA) is 65.2 Å². The van der Waals surface area contributed by atoms with Crippen LogP contribution in [0.25, 0.3) is 0 Å². The third-order valence-corrected chi connectivity index (χ3v) is 2.55. The fourth-order valence-electron chi connectivity index (χ4n) is 1.40. The predicted molar refractivity (Wildman–Crippen MR) is 57.8 cm³/mol. The Kier molecular flexibility index (Phi) is 4.77.